The van der Waals surface area contributed by atoms with Gasteiger partial charge in [-0.25, -0.2) is 9.97 Å². The lowest BCUT2D eigenvalue weighted by Crippen LogP contribution is -2.44. The number of anilines is 1. The second-order valence-corrected chi connectivity index (χ2v) is 7.62. The highest BCUT2D eigenvalue weighted by molar-refractivity contribution is 5.81. The van der Waals surface area contributed by atoms with E-state index in [9.17, 15) is 0 Å². The maximum atomic E-state index is 4.84. The number of piperazine rings is 1. The lowest BCUT2D eigenvalue weighted by atomic mass is 10.2. The number of nitrogens with one attached hydrogen (secondary N) is 1. The topological polar surface area (TPSA) is 44.3 Å². The minimum Gasteiger partial charge on any atom is -0.368 e. The maximum Gasteiger partial charge on any atom is 0.152 e. The number of hydrogen-bond donors (Lipinski definition) is 1. The molecule has 150 valence electrons. The summed E-state index contributed by atoms with van der Waals surface area (Å²) in [5, 5.41) is 3.53. The molecule has 0 saturated carbocycles. The van der Waals surface area contributed by atoms with Crippen LogP contribution in [0.3, 0.4) is 0 Å². The zero-order valence-corrected chi connectivity index (χ0v) is 17.1. The first-order valence-corrected chi connectivity index (χ1v) is 10.4. The van der Waals surface area contributed by atoms with Crippen molar-refractivity contribution in [2.75, 3.05) is 51.6 Å². The van der Waals surface area contributed by atoms with Crippen molar-refractivity contribution in [3.63, 3.8) is 0 Å². The first-order chi connectivity index (χ1) is 14.3. The van der Waals surface area contributed by atoms with Crippen LogP contribution in [0.15, 0.2) is 54.6 Å². The van der Waals surface area contributed by atoms with Crippen molar-refractivity contribution < 1.29 is 0 Å². The van der Waals surface area contributed by atoms with Gasteiger partial charge in [-0.15, -0.1) is 0 Å². The van der Waals surface area contributed by atoms with Crippen molar-refractivity contribution in [3.8, 4) is 0 Å². The molecule has 1 fully saturated rings. The summed E-state index contributed by atoms with van der Waals surface area (Å²) in [6.07, 6.45) is 5.24. The van der Waals surface area contributed by atoms with E-state index < -0.39 is 0 Å². The van der Waals surface area contributed by atoms with E-state index >= 15 is 0 Å². The van der Waals surface area contributed by atoms with Crippen LogP contribution in [0.1, 0.15) is 17.7 Å². The van der Waals surface area contributed by atoms with Gasteiger partial charge in [0.1, 0.15) is 5.69 Å². The molecule has 1 aliphatic rings. The molecule has 0 unspecified atom stereocenters. The lowest BCUT2D eigenvalue weighted by molar-refractivity contribution is 0.154. The minimum atomic E-state index is 0.856. The monoisotopic (exact) mass is 387 g/mol. The number of benzene rings is 2. The van der Waals surface area contributed by atoms with Crippen LogP contribution in [0.4, 0.5) is 5.82 Å². The van der Waals surface area contributed by atoms with Gasteiger partial charge in [-0.3, -0.25) is 0 Å². The van der Waals surface area contributed by atoms with Gasteiger partial charge in [-0.2, -0.15) is 0 Å². The zero-order valence-electron chi connectivity index (χ0n) is 17.1. The van der Waals surface area contributed by atoms with E-state index in [4.69, 9.17) is 9.97 Å². The molecule has 0 aliphatic carbocycles. The Kier molecular flexibility index (Phi) is 6.49. The predicted molar refractivity (Wildman–Crippen MR) is 122 cm³/mol. The van der Waals surface area contributed by atoms with Crippen molar-refractivity contribution >= 4 is 29.0 Å². The van der Waals surface area contributed by atoms with Gasteiger partial charge in [0.25, 0.3) is 0 Å². The third-order valence-corrected chi connectivity index (χ3v) is 5.37. The Balaban J connectivity index is 1.44. The highest BCUT2D eigenvalue weighted by atomic mass is 15.2. The molecule has 2 aromatic carbocycles. The predicted octanol–water partition coefficient (Wildman–Crippen LogP) is 3.85. The van der Waals surface area contributed by atoms with Crippen LogP contribution in [0, 0.1) is 0 Å². The average Bonchev–Trinajstić information content (AvgIpc) is 2.77. The molecule has 3 aromatic rings. The lowest BCUT2D eigenvalue weighted by Gasteiger charge is -2.32. The maximum absolute atomic E-state index is 4.84. The Hall–Kier alpha value is -2.76. The molecule has 0 bridgehead atoms. The van der Waals surface area contributed by atoms with Crippen molar-refractivity contribution in [2.45, 2.75) is 6.42 Å². The van der Waals surface area contributed by atoms with Gasteiger partial charge < -0.3 is 15.1 Å². The van der Waals surface area contributed by atoms with Crippen molar-refractivity contribution in [1.82, 2.24) is 19.8 Å². The Morgan fingerprint density at radius 2 is 1.55 bits per heavy atom. The molecule has 4 rings (SSSR count). The Bertz CT molecular complexity index is 946. The molecule has 1 saturated heterocycles. The summed E-state index contributed by atoms with van der Waals surface area (Å²) in [6.45, 7) is 6.67. The number of likely N-dealkylation sites (N-methyl/N-ethyl adjacent to an activating group) is 1. The summed E-state index contributed by atoms with van der Waals surface area (Å²) in [4.78, 5) is 14.6. The van der Waals surface area contributed by atoms with E-state index in [2.05, 4.69) is 46.4 Å². The average molecular weight is 388 g/mol. The van der Waals surface area contributed by atoms with E-state index in [1.807, 2.05) is 42.5 Å². The normalized spacial score (nSPS) is 15.9. The van der Waals surface area contributed by atoms with Crippen molar-refractivity contribution in [1.29, 1.82) is 0 Å². The first-order valence-electron chi connectivity index (χ1n) is 10.4. The third kappa shape index (κ3) is 5.40. The minimum absolute atomic E-state index is 0.856. The summed E-state index contributed by atoms with van der Waals surface area (Å²) < 4.78 is 0. The molecule has 0 atom stereocenters. The fourth-order valence-electron chi connectivity index (χ4n) is 3.58. The quantitative estimate of drug-likeness (QED) is 0.624. The first kappa shape index (κ1) is 19.6. The molecule has 1 N–H and O–H groups in total. The number of nitrogens with zero attached hydrogens (tertiary/aromatic N) is 4. The highest BCUT2D eigenvalue weighted by Crippen LogP contribution is 2.19. The van der Waals surface area contributed by atoms with E-state index in [1.165, 1.54) is 0 Å². The molecule has 2 heterocycles. The van der Waals surface area contributed by atoms with Gasteiger partial charge in [-0.1, -0.05) is 48.5 Å². The summed E-state index contributed by atoms with van der Waals surface area (Å²) in [5.74, 6) is 0.856. The van der Waals surface area contributed by atoms with E-state index in [1.54, 1.807) is 0 Å². The Morgan fingerprint density at radius 1 is 0.862 bits per heavy atom. The fraction of sp³-hybridized carbons (Fsp3) is 0.333. The van der Waals surface area contributed by atoms with Gasteiger partial charge in [0.15, 0.2) is 5.82 Å². The number of fused-ring (bicyclic) bond motifs is 1. The SMILES string of the molecule is CN1CCN(CCCNc2nc3ccccc3nc2/C=C/c2ccccc2)CC1. The smallest absolute Gasteiger partial charge is 0.152 e. The van der Waals surface area contributed by atoms with Crippen LogP contribution in [-0.2, 0) is 0 Å². The summed E-state index contributed by atoms with van der Waals surface area (Å²) in [5.41, 5.74) is 3.88. The van der Waals surface area contributed by atoms with Crippen LogP contribution in [0.25, 0.3) is 23.2 Å². The van der Waals surface area contributed by atoms with Crippen LogP contribution < -0.4 is 5.32 Å². The third-order valence-electron chi connectivity index (χ3n) is 5.37. The van der Waals surface area contributed by atoms with Crippen LogP contribution in [-0.4, -0.2) is 66.1 Å². The molecule has 0 spiro atoms. The summed E-state index contributed by atoms with van der Waals surface area (Å²) in [7, 11) is 2.20. The molecule has 29 heavy (non-hydrogen) atoms. The molecule has 0 amide bonds. The van der Waals surface area contributed by atoms with E-state index in [0.717, 1.165) is 73.8 Å². The van der Waals surface area contributed by atoms with Crippen LogP contribution in [0.5, 0.6) is 0 Å². The standard InChI is InChI=1S/C24H29N5/c1-28-16-18-29(19-17-28)15-7-14-25-24-23(13-12-20-8-3-2-4-9-20)26-21-10-5-6-11-22(21)27-24/h2-6,8-13H,7,14-19H2,1H3,(H,25,27)/b13-12+. The summed E-state index contributed by atoms with van der Waals surface area (Å²) in [6, 6.07) is 18.3. The molecule has 1 aliphatic heterocycles. The second kappa shape index (κ2) is 9.63. The number of rotatable bonds is 7. The van der Waals surface area contributed by atoms with E-state index in [-0.39, 0.29) is 0 Å². The molecule has 5 nitrogen and oxygen atoms in total. The molecular weight excluding hydrogens is 358 g/mol. The zero-order chi connectivity index (χ0) is 19.9. The van der Waals surface area contributed by atoms with Gasteiger partial charge in [0.2, 0.25) is 0 Å². The van der Waals surface area contributed by atoms with Gasteiger partial charge in [-0.05, 0) is 43.8 Å². The highest BCUT2D eigenvalue weighted by Gasteiger charge is 2.13. The summed E-state index contributed by atoms with van der Waals surface area (Å²) >= 11 is 0. The van der Waals surface area contributed by atoms with Gasteiger partial charge >= 0.3 is 0 Å². The largest absolute Gasteiger partial charge is 0.368 e. The number of hydrogen-bond acceptors (Lipinski definition) is 5. The van der Waals surface area contributed by atoms with Crippen LogP contribution in [0.2, 0.25) is 0 Å². The molecule has 1 aromatic heterocycles. The molecule has 5 heteroatoms. The molecule has 0 radical (unpaired) electrons. The number of para-hydroxylation sites is 2. The van der Waals surface area contributed by atoms with Crippen LogP contribution >= 0.6 is 0 Å². The van der Waals surface area contributed by atoms with E-state index in [0.29, 0.717) is 0 Å². The molecular formula is C24H29N5. The van der Waals surface area contributed by atoms with Gasteiger partial charge in [0, 0.05) is 32.7 Å². The van der Waals surface area contributed by atoms with Gasteiger partial charge in [0.05, 0.1) is 11.0 Å². The number of aromatic nitrogens is 2. The fourth-order valence-corrected chi connectivity index (χ4v) is 3.58. The van der Waals surface area contributed by atoms with Crippen molar-refractivity contribution in [3.05, 3.63) is 65.9 Å². The second-order valence-electron chi connectivity index (χ2n) is 7.62. The van der Waals surface area contributed by atoms with Crippen molar-refractivity contribution in [2.24, 2.45) is 0 Å². The Labute approximate surface area is 173 Å². The Morgan fingerprint density at radius 3 is 2.31 bits per heavy atom.